The maximum absolute atomic E-state index is 12.5. The number of nitrogens with zero attached hydrogens (tertiary/aromatic N) is 1. The SMILES string of the molecule is COCSC(=O)S[C@H]1C=C[C@@H]2Oc3c(OC)ccc4c3[C@@]23CCN(C)[C@H](C4)[C@H]13. The minimum atomic E-state index is -0.0622. The van der Waals surface area contributed by atoms with Crippen LogP contribution in [0, 0.1) is 5.92 Å². The summed E-state index contributed by atoms with van der Waals surface area (Å²) in [6.45, 7) is 1.05. The lowest BCUT2D eigenvalue weighted by molar-refractivity contribution is -0.000970. The number of hydrogen-bond acceptors (Lipinski definition) is 7. The van der Waals surface area contributed by atoms with Crippen molar-refractivity contribution in [1.29, 1.82) is 0 Å². The van der Waals surface area contributed by atoms with Gasteiger partial charge in [-0.05, 0) is 55.9 Å². The van der Waals surface area contributed by atoms with Crippen LogP contribution in [0.25, 0.3) is 0 Å². The number of likely N-dealkylation sites (N-methyl/N-ethyl adjacent to an activating group) is 1. The highest BCUT2D eigenvalue weighted by molar-refractivity contribution is 8.38. The molecule has 0 radical (unpaired) electrons. The summed E-state index contributed by atoms with van der Waals surface area (Å²) in [5.74, 6) is 2.49. The summed E-state index contributed by atoms with van der Waals surface area (Å²) in [4.78, 5) is 15.0. The van der Waals surface area contributed by atoms with Crippen molar-refractivity contribution in [3.05, 3.63) is 35.4 Å². The molecule has 2 heterocycles. The molecule has 0 unspecified atom stereocenters. The average molecular weight is 420 g/mol. The van der Waals surface area contributed by atoms with Gasteiger partial charge in [0.25, 0.3) is 0 Å². The first-order valence-electron chi connectivity index (χ1n) is 9.68. The molecule has 1 aromatic rings. The predicted molar refractivity (Wildman–Crippen MR) is 113 cm³/mol. The maximum atomic E-state index is 12.5. The van der Waals surface area contributed by atoms with Crippen molar-refractivity contribution in [2.45, 2.75) is 35.7 Å². The van der Waals surface area contributed by atoms with Gasteiger partial charge in [-0.25, -0.2) is 0 Å². The van der Waals surface area contributed by atoms with Gasteiger partial charge in [-0.3, -0.25) is 4.79 Å². The Morgan fingerprint density at radius 2 is 2.21 bits per heavy atom. The van der Waals surface area contributed by atoms with Crippen LogP contribution in [0.4, 0.5) is 4.79 Å². The van der Waals surface area contributed by atoms with Gasteiger partial charge < -0.3 is 19.1 Å². The third-order valence-corrected chi connectivity index (χ3v) is 9.03. The normalized spacial score (nSPS) is 34.7. The van der Waals surface area contributed by atoms with Crippen molar-refractivity contribution >= 4 is 28.0 Å². The Hall–Kier alpha value is -1.15. The fourth-order valence-corrected chi connectivity index (χ4v) is 7.72. The molecule has 1 fully saturated rings. The minimum absolute atomic E-state index is 0.0256. The highest BCUT2D eigenvalue weighted by atomic mass is 32.2. The number of methoxy groups -OCH3 is 2. The summed E-state index contributed by atoms with van der Waals surface area (Å²) in [6, 6.07) is 4.67. The van der Waals surface area contributed by atoms with Crippen LogP contribution < -0.4 is 9.47 Å². The molecule has 0 saturated carbocycles. The lowest BCUT2D eigenvalue weighted by Crippen LogP contribution is -2.65. The lowest BCUT2D eigenvalue weighted by atomic mass is 9.53. The van der Waals surface area contributed by atoms with Crippen LogP contribution in [0.3, 0.4) is 0 Å². The first-order chi connectivity index (χ1) is 13.6. The van der Waals surface area contributed by atoms with Crippen LogP contribution >= 0.6 is 23.5 Å². The zero-order valence-electron chi connectivity index (χ0n) is 16.3. The first kappa shape index (κ1) is 18.9. The third kappa shape index (κ3) is 2.52. The molecule has 5 atom stereocenters. The van der Waals surface area contributed by atoms with Gasteiger partial charge in [-0.15, -0.1) is 0 Å². The molecule has 5 nitrogen and oxygen atoms in total. The molecule has 1 spiro atoms. The van der Waals surface area contributed by atoms with Crippen molar-refractivity contribution < 1.29 is 19.0 Å². The number of carbonyl (C=O) groups excluding carboxylic acids is 1. The Morgan fingerprint density at radius 3 is 3.00 bits per heavy atom. The van der Waals surface area contributed by atoms with Gasteiger partial charge in [0.05, 0.1) is 13.0 Å². The first-order valence-corrected chi connectivity index (χ1v) is 11.5. The van der Waals surface area contributed by atoms with E-state index >= 15 is 0 Å². The molecule has 1 saturated heterocycles. The summed E-state index contributed by atoms with van der Waals surface area (Å²) >= 11 is 2.70. The van der Waals surface area contributed by atoms with Crippen LogP contribution in [-0.2, 0) is 16.6 Å². The van der Waals surface area contributed by atoms with Crippen molar-refractivity contribution in [2.24, 2.45) is 5.92 Å². The second kappa shape index (κ2) is 6.97. The standard InChI is InChI=1S/C21H25NO4S2/c1-22-9-8-21-16-7-6-15(28-20(23)27-11-24-2)18(21)13(22)10-12-4-5-14(25-3)19(26-16)17(12)21/h4-7,13,15-16,18H,8-11H2,1-3H3/t13-,15+,16+,18-,21-/m1/s1. The van der Waals surface area contributed by atoms with E-state index in [-0.39, 0.29) is 21.2 Å². The van der Waals surface area contributed by atoms with E-state index in [0.717, 1.165) is 30.9 Å². The molecule has 2 bridgehead atoms. The molecule has 0 aromatic heterocycles. The van der Waals surface area contributed by atoms with Crippen LogP contribution in [0.5, 0.6) is 11.5 Å². The summed E-state index contributed by atoms with van der Waals surface area (Å²) in [5.41, 5.74) is 2.66. The number of benzene rings is 1. The Morgan fingerprint density at radius 1 is 1.36 bits per heavy atom. The molecule has 5 rings (SSSR count). The van der Waals surface area contributed by atoms with Crippen LogP contribution in [0.15, 0.2) is 24.3 Å². The highest BCUT2D eigenvalue weighted by Crippen LogP contribution is 2.63. The highest BCUT2D eigenvalue weighted by Gasteiger charge is 2.64. The Kier molecular flexibility index (Phi) is 4.69. The largest absolute Gasteiger partial charge is 0.493 e. The molecule has 7 heteroatoms. The zero-order chi connectivity index (χ0) is 19.5. The maximum Gasteiger partial charge on any atom is 0.248 e. The monoisotopic (exact) mass is 419 g/mol. The quantitative estimate of drug-likeness (QED) is 0.545. The predicted octanol–water partition coefficient (Wildman–Crippen LogP) is 3.70. The van der Waals surface area contributed by atoms with Gasteiger partial charge in [0, 0.05) is 35.3 Å². The number of piperidine rings is 1. The second-order valence-electron chi connectivity index (χ2n) is 8.01. The number of carbonyl (C=O) groups is 1. The van der Waals surface area contributed by atoms with E-state index in [1.807, 2.05) is 6.07 Å². The number of rotatable bonds is 4. The summed E-state index contributed by atoms with van der Waals surface area (Å²) < 4.78 is 17.3. The smallest absolute Gasteiger partial charge is 0.248 e. The van der Waals surface area contributed by atoms with E-state index < -0.39 is 0 Å². The molecule has 150 valence electrons. The van der Waals surface area contributed by atoms with E-state index in [9.17, 15) is 4.79 Å². The summed E-state index contributed by atoms with van der Waals surface area (Å²) in [5, 5.41) is 0.148. The molecule has 2 aliphatic heterocycles. The topological polar surface area (TPSA) is 48.0 Å². The van der Waals surface area contributed by atoms with Crippen LogP contribution in [0.1, 0.15) is 17.5 Å². The number of ether oxygens (including phenoxy) is 3. The van der Waals surface area contributed by atoms with Crippen molar-refractivity contribution in [3.63, 3.8) is 0 Å². The summed E-state index contributed by atoms with van der Waals surface area (Å²) in [6.07, 6.45) is 6.47. The van der Waals surface area contributed by atoms with E-state index in [1.165, 1.54) is 34.7 Å². The lowest BCUT2D eigenvalue weighted by Gasteiger charge is -2.58. The Balaban J connectivity index is 1.60. The molecule has 0 amide bonds. The molecule has 4 aliphatic rings. The molecule has 1 aromatic carbocycles. The van der Waals surface area contributed by atoms with E-state index in [4.69, 9.17) is 14.2 Å². The summed E-state index contributed by atoms with van der Waals surface area (Å²) in [7, 11) is 5.55. The molecule has 28 heavy (non-hydrogen) atoms. The van der Waals surface area contributed by atoms with Gasteiger partial charge >= 0.3 is 0 Å². The van der Waals surface area contributed by atoms with E-state index in [0.29, 0.717) is 17.9 Å². The van der Waals surface area contributed by atoms with Crippen LogP contribution in [0.2, 0.25) is 0 Å². The van der Waals surface area contributed by atoms with Crippen molar-refractivity contribution in [1.82, 2.24) is 4.90 Å². The molecule has 0 N–H and O–H groups in total. The molecular weight excluding hydrogens is 394 g/mol. The van der Waals surface area contributed by atoms with Gasteiger partial charge in [-0.1, -0.05) is 23.9 Å². The fourth-order valence-electron chi connectivity index (χ4n) is 5.80. The zero-order valence-corrected chi connectivity index (χ0v) is 18.0. The van der Waals surface area contributed by atoms with Gasteiger partial charge in [-0.2, -0.15) is 0 Å². The van der Waals surface area contributed by atoms with Gasteiger partial charge in [0.15, 0.2) is 11.5 Å². The average Bonchev–Trinajstić information content (AvgIpc) is 3.04. The van der Waals surface area contributed by atoms with E-state index in [2.05, 4.69) is 30.2 Å². The van der Waals surface area contributed by atoms with Crippen LogP contribution in [-0.4, -0.2) is 60.5 Å². The minimum Gasteiger partial charge on any atom is -0.493 e. The van der Waals surface area contributed by atoms with Crippen molar-refractivity contribution in [2.75, 3.05) is 33.8 Å². The van der Waals surface area contributed by atoms with Gasteiger partial charge in [0.1, 0.15) is 6.10 Å². The van der Waals surface area contributed by atoms with Crippen molar-refractivity contribution in [3.8, 4) is 11.5 Å². The van der Waals surface area contributed by atoms with Gasteiger partial charge in [0.2, 0.25) is 4.45 Å². The number of thioether (sulfide) groups is 2. The third-order valence-electron chi connectivity index (χ3n) is 6.88. The fraction of sp³-hybridized carbons (Fsp3) is 0.571. The Labute approximate surface area is 174 Å². The second-order valence-corrected chi connectivity index (χ2v) is 10.3. The van der Waals surface area contributed by atoms with E-state index in [1.54, 1.807) is 14.2 Å². The Bertz CT molecular complexity index is 844. The number of likely N-dealkylation sites (tertiary alicyclic amines) is 1. The molecular formula is C21H25NO4S2. The number of hydrogen-bond donors (Lipinski definition) is 0. The molecule has 2 aliphatic carbocycles.